The Labute approximate surface area is 156 Å². The molecular formula is C20H21F2N3O2. The fraction of sp³-hybridized carbons (Fsp3) is 0.300. The van der Waals surface area contributed by atoms with Crippen LogP contribution in [0.2, 0.25) is 0 Å². The number of piperazine rings is 1. The van der Waals surface area contributed by atoms with E-state index in [9.17, 15) is 18.4 Å². The van der Waals surface area contributed by atoms with E-state index >= 15 is 0 Å². The second-order valence-corrected chi connectivity index (χ2v) is 6.66. The first-order valence-corrected chi connectivity index (χ1v) is 8.68. The molecule has 2 aromatic carbocycles. The van der Waals surface area contributed by atoms with Gasteiger partial charge in [-0.3, -0.25) is 9.59 Å². The first-order valence-electron chi connectivity index (χ1n) is 8.68. The fourth-order valence-electron chi connectivity index (χ4n) is 3.02. The third kappa shape index (κ3) is 4.07. The molecule has 0 unspecified atom stereocenters. The van der Waals surface area contributed by atoms with Crippen molar-refractivity contribution >= 4 is 17.5 Å². The van der Waals surface area contributed by atoms with Crippen LogP contribution in [0.1, 0.15) is 20.7 Å². The van der Waals surface area contributed by atoms with Gasteiger partial charge in [-0.2, -0.15) is 0 Å². The Balaban J connectivity index is 1.64. The molecule has 2 aromatic rings. The van der Waals surface area contributed by atoms with Gasteiger partial charge >= 0.3 is 0 Å². The molecule has 0 radical (unpaired) electrons. The summed E-state index contributed by atoms with van der Waals surface area (Å²) in [7, 11) is 3.82. The Morgan fingerprint density at radius 1 is 0.815 bits per heavy atom. The molecule has 0 bridgehead atoms. The summed E-state index contributed by atoms with van der Waals surface area (Å²) in [6.45, 7) is 1.47. The molecule has 1 saturated heterocycles. The summed E-state index contributed by atoms with van der Waals surface area (Å²) in [6.07, 6.45) is 0. The standard InChI is InChI=1S/C20H21F2N3O2/c1-23(2)16-5-3-4-14(12-16)19(26)24-8-10-25(11-9-24)20(27)15-6-7-17(21)18(22)13-15/h3-7,12-13H,8-11H2,1-2H3. The lowest BCUT2D eigenvalue weighted by molar-refractivity contribution is 0.0535. The van der Waals surface area contributed by atoms with Gasteiger partial charge in [0.25, 0.3) is 11.8 Å². The Hall–Kier alpha value is -2.96. The van der Waals surface area contributed by atoms with Crippen molar-refractivity contribution in [2.24, 2.45) is 0 Å². The predicted octanol–water partition coefficient (Wildman–Crippen LogP) is 2.63. The lowest BCUT2D eigenvalue weighted by Gasteiger charge is -2.35. The quantitative estimate of drug-likeness (QED) is 0.831. The number of amides is 2. The normalized spacial score (nSPS) is 14.2. The van der Waals surface area contributed by atoms with Gasteiger partial charge in [-0.1, -0.05) is 6.07 Å². The number of carbonyl (C=O) groups excluding carboxylic acids is 2. The molecule has 142 valence electrons. The van der Waals surface area contributed by atoms with E-state index in [1.165, 1.54) is 6.07 Å². The van der Waals surface area contributed by atoms with Gasteiger partial charge in [0.15, 0.2) is 11.6 Å². The SMILES string of the molecule is CN(C)c1cccc(C(=O)N2CCN(C(=O)c3ccc(F)c(F)c3)CC2)c1. The zero-order valence-electron chi connectivity index (χ0n) is 15.3. The number of hydrogen-bond donors (Lipinski definition) is 0. The van der Waals surface area contributed by atoms with E-state index in [0.29, 0.717) is 31.7 Å². The summed E-state index contributed by atoms with van der Waals surface area (Å²) in [4.78, 5) is 30.3. The number of carbonyl (C=O) groups is 2. The van der Waals surface area contributed by atoms with Gasteiger partial charge in [0.05, 0.1) is 0 Å². The van der Waals surface area contributed by atoms with Crippen LogP contribution in [0, 0.1) is 11.6 Å². The van der Waals surface area contributed by atoms with E-state index in [-0.39, 0.29) is 17.4 Å². The Kier molecular flexibility index (Phi) is 5.39. The number of nitrogens with zero attached hydrogens (tertiary/aromatic N) is 3. The van der Waals surface area contributed by atoms with Crippen LogP contribution < -0.4 is 4.90 Å². The van der Waals surface area contributed by atoms with Crippen LogP contribution in [-0.2, 0) is 0 Å². The van der Waals surface area contributed by atoms with Crippen molar-refractivity contribution in [3.63, 3.8) is 0 Å². The highest BCUT2D eigenvalue weighted by atomic mass is 19.2. The minimum absolute atomic E-state index is 0.0846. The number of benzene rings is 2. The van der Waals surface area contributed by atoms with Crippen molar-refractivity contribution in [2.75, 3.05) is 45.2 Å². The molecule has 0 aromatic heterocycles. The molecule has 27 heavy (non-hydrogen) atoms. The van der Waals surface area contributed by atoms with Crippen LogP contribution in [0.25, 0.3) is 0 Å². The highest BCUT2D eigenvalue weighted by Gasteiger charge is 2.26. The Morgan fingerprint density at radius 3 is 1.89 bits per heavy atom. The second-order valence-electron chi connectivity index (χ2n) is 6.66. The van der Waals surface area contributed by atoms with E-state index in [0.717, 1.165) is 17.8 Å². The zero-order valence-corrected chi connectivity index (χ0v) is 15.3. The number of hydrogen-bond acceptors (Lipinski definition) is 3. The van der Waals surface area contributed by atoms with Gasteiger partial charge in [-0.05, 0) is 36.4 Å². The van der Waals surface area contributed by atoms with E-state index in [2.05, 4.69) is 0 Å². The zero-order chi connectivity index (χ0) is 19.6. The molecule has 2 amide bonds. The minimum atomic E-state index is -1.05. The average Bonchev–Trinajstić information content (AvgIpc) is 2.69. The van der Waals surface area contributed by atoms with Crippen LogP contribution in [0.4, 0.5) is 14.5 Å². The monoisotopic (exact) mass is 373 g/mol. The van der Waals surface area contributed by atoms with Crippen LogP contribution in [0.3, 0.4) is 0 Å². The summed E-state index contributed by atoms with van der Waals surface area (Å²) in [6, 6.07) is 10.5. The maximum Gasteiger partial charge on any atom is 0.254 e. The molecule has 0 atom stereocenters. The Bertz CT molecular complexity index is 862. The van der Waals surface area contributed by atoms with Crippen molar-refractivity contribution < 1.29 is 18.4 Å². The first kappa shape index (κ1) is 18.8. The topological polar surface area (TPSA) is 43.9 Å². The van der Waals surface area contributed by atoms with Crippen molar-refractivity contribution in [1.82, 2.24) is 9.80 Å². The smallest absolute Gasteiger partial charge is 0.254 e. The lowest BCUT2D eigenvalue weighted by atomic mass is 10.1. The van der Waals surface area contributed by atoms with E-state index in [1.807, 2.05) is 37.2 Å². The van der Waals surface area contributed by atoms with Crippen molar-refractivity contribution in [3.05, 3.63) is 65.2 Å². The molecule has 1 aliphatic heterocycles. The van der Waals surface area contributed by atoms with Gasteiger partial charge in [0.2, 0.25) is 0 Å². The number of rotatable bonds is 3. The van der Waals surface area contributed by atoms with Gasteiger partial charge in [0.1, 0.15) is 0 Å². The first-order chi connectivity index (χ1) is 12.9. The molecule has 1 heterocycles. The van der Waals surface area contributed by atoms with Crippen LogP contribution >= 0.6 is 0 Å². The summed E-state index contributed by atoms with van der Waals surface area (Å²) >= 11 is 0. The molecular weight excluding hydrogens is 352 g/mol. The maximum absolute atomic E-state index is 13.3. The van der Waals surface area contributed by atoms with Gasteiger partial charge in [-0.15, -0.1) is 0 Å². The number of anilines is 1. The summed E-state index contributed by atoms with van der Waals surface area (Å²) < 4.78 is 26.4. The molecule has 5 nitrogen and oxygen atoms in total. The molecule has 0 spiro atoms. The van der Waals surface area contributed by atoms with E-state index in [1.54, 1.807) is 15.9 Å². The van der Waals surface area contributed by atoms with Crippen LogP contribution in [-0.4, -0.2) is 61.9 Å². The third-order valence-electron chi connectivity index (χ3n) is 4.63. The number of halogens is 2. The van der Waals surface area contributed by atoms with Crippen LogP contribution in [0.15, 0.2) is 42.5 Å². The summed E-state index contributed by atoms with van der Waals surface area (Å²) in [5, 5.41) is 0. The predicted molar refractivity (Wildman–Crippen MR) is 98.9 cm³/mol. The molecule has 0 aliphatic carbocycles. The molecule has 1 aliphatic rings. The van der Waals surface area contributed by atoms with Crippen LogP contribution in [0.5, 0.6) is 0 Å². The maximum atomic E-state index is 13.3. The van der Waals surface area contributed by atoms with Crippen molar-refractivity contribution in [1.29, 1.82) is 0 Å². The van der Waals surface area contributed by atoms with Gasteiger partial charge < -0.3 is 14.7 Å². The summed E-state index contributed by atoms with van der Waals surface area (Å²) in [5.41, 5.74) is 1.64. The fourth-order valence-corrected chi connectivity index (χ4v) is 3.02. The van der Waals surface area contributed by atoms with Crippen molar-refractivity contribution in [2.45, 2.75) is 0 Å². The van der Waals surface area contributed by atoms with Crippen molar-refractivity contribution in [3.8, 4) is 0 Å². The minimum Gasteiger partial charge on any atom is -0.378 e. The summed E-state index contributed by atoms with van der Waals surface area (Å²) in [5.74, 6) is -2.48. The molecule has 7 heteroatoms. The average molecular weight is 373 g/mol. The third-order valence-corrected chi connectivity index (χ3v) is 4.63. The molecule has 1 fully saturated rings. The highest BCUT2D eigenvalue weighted by Crippen LogP contribution is 2.17. The molecule has 0 N–H and O–H groups in total. The molecule has 0 saturated carbocycles. The second kappa shape index (κ2) is 7.73. The Morgan fingerprint density at radius 2 is 1.37 bits per heavy atom. The van der Waals surface area contributed by atoms with E-state index < -0.39 is 11.6 Å². The van der Waals surface area contributed by atoms with E-state index in [4.69, 9.17) is 0 Å². The highest BCUT2D eigenvalue weighted by molar-refractivity contribution is 5.96. The lowest BCUT2D eigenvalue weighted by Crippen LogP contribution is -2.50. The van der Waals surface area contributed by atoms with Gasteiger partial charge in [-0.25, -0.2) is 8.78 Å². The molecule has 3 rings (SSSR count). The van der Waals surface area contributed by atoms with Gasteiger partial charge in [0, 0.05) is 57.1 Å². The largest absolute Gasteiger partial charge is 0.378 e.